The number of nitrogens with one attached hydrogen (secondary N) is 2. The van der Waals surface area contributed by atoms with Crippen LogP contribution in [0.25, 0.3) is 11.2 Å². The van der Waals surface area contributed by atoms with E-state index in [2.05, 4.69) is 39.0 Å². The smallest absolute Gasteiger partial charge is 0.410 e. The molecule has 4 rings (SSSR count). The number of aromatic nitrogens is 3. The van der Waals surface area contributed by atoms with Crippen LogP contribution in [0.3, 0.4) is 0 Å². The standard InChI is InChI=1S/C19H28N6O2/c1-13(2)25-12-22-17-16(4-8-21-18(17)25)23-14-5-9-24(10-6-14)19(26)27-15-3-7-20-11-15/h4,8,12-15,20H,3,5-7,9-11H2,1-2H3,(H,21,23)/t15-/m0/s1. The lowest BCUT2D eigenvalue weighted by atomic mass is 10.1. The summed E-state index contributed by atoms with van der Waals surface area (Å²) in [6, 6.07) is 2.62. The molecule has 4 heterocycles. The lowest BCUT2D eigenvalue weighted by Crippen LogP contribution is -2.43. The van der Waals surface area contributed by atoms with Crippen LogP contribution in [0.5, 0.6) is 0 Å². The van der Waals surface area contributed by atoms with E-state index in [1.165, 1.54) is 0 Å². The zero-order chi connectivity index (χ0) is 18.8. The van der Waals surface area contributed by atoms with Crippen molar-refractivity contribution in [1.82, 2.24) is 24.8 Å². The van der Waals surface area contributed by atoms with Crippen LogP contribution in [-0.2, 0) is 4.74 Å². The van der Waals surface area contributed by atoms with Crippen LogP contribution in [0.2, 0.25) is 0 Å². The van der Waals surface area contributed by atoms with Gasteiger partial charge in [0.2, 0.25) is 0 Å². The molecule has 8 heteroatoms. The Balaban J connectivity index is 1.35. The van der Waals surface area contributed by atoms with Crippen molar-refractivity contribution in [2.75, 3.05) is 31.5 Å². The number of imidazole rings is 1. The van der Waals surface area contributed by atoms with Crippen molar-refractivity contribution < 1.29 is 9.53 Å². The van der Waals surface area contributed by atoms with Crippen LogP contribution in [-0.4, -0.2) is 63.9 Å². The Morgan fingerprint density at radius 3 is 2.81 bits per heavy atom. The van der Waals surface area contributed by atoms with Crippen molar-refractivity contribution in [2.24, 2.45) is 0 Å². The maximum Gasteiger partial charge on any atom is 0.410 e. The Hall–Kier alpha value is -2.35. The summed E-state index contributed by atoms with van der Waals surface area (Å²) in [6.07, 6.45) is 6.22. The molecule has 0 aliphatic carbocycles. The molecular weight excluding hydrogens is 344 g/mol. The minimum Gasteiger partial charge on any atom is -0.445 e. The van der Waals surface area contributed by atoms with Crippen molar-refractivity contribution in [2.45, 2.75) is 51.3 Å². The molecule has 0 unspecified atom stereocenters. The number of ether oxygens (including phenoxy) is 1. The molecule has 1 amide bonds. The summed E-state index contributed by atoms with van der Waals surface area (Å²) < 4.78 is 7.65. The number of fused-ring (bicyclic) bond motifs is 1. The van der Waals surface area contributed by atoms with E-state index in [0.717, 1.165) is 49.2 Å². The average molecular weight is 372 g/mol. The molecule has 2 aliphatic rings. The molecule has 2 saturated heterocycles. The van der Waals surface area contributed by atoms with E-state index in [1.54, 1.807) is 0 Å². The van der Waals surface area contributed by atoms with Gasteiger partial charge in [-0.15, -0.1) is 0 Å². The van der Waals surface area contributed by atoms with Gasteiger partial charge in [-0.05, 0) is 45.7 Å². The zero-order valence-electron chi connectivity index (χ0n) is 16.0. The fraction of sp³-hybridized carbons (Fsp3) is 0.632. The third-order valence-electron chi connectivity index (χ3n) is 5.41. The second kappa shape index (κ2) is 7.72. The van der Waals surface area contributed by atoms with Gasteiger partial charge >= 0.3 is 6.09 Å². The van der Waals surface area contributed by atoms with Crippen molar-refractivity contribution in [3.63, 3.8) is 0 Å². The lowest BCUT2D eigenvalue weighted by molar-refractivity contribution is 0.0641. The minimum atomic E-state index is -0.177. The van der Waals surface area contributed by atoms with Crippen molar-refractivity contribution in [3.8, 4) is 0 Å². The largest absolute Gasteiger partial charge is 0.445 e. The summed E-state index contributed by atoms with van der Waals surface area (Å²) in [6.45, 7) is 7.37. The molecule has 0 radical (unpaired) electrons. The van der Waals surface area contributed by atoms with Gasteiger partial charge in [0.15, 0.2) is 5.65 Å². The number of likely N-dealkylation sites (tertiary alicyclic amines) is 1. The molecule has 0 saturated carbocycles. The molecule has 0 bridgehead atoms. The molecule has 1 atom stereocenters. The van der Waals surface area contributed by atoms with Gasteiger partial charge < -0.3 is 24.8 Å². The van der Waals surface area contributed by atoms with Crippen molar-refractivity contribution in [1.29, 1.82) is 0 Å². The second-order valence-electron chi connectivity index (χ2n) is 7.68. The van der Waals surface area contributed by atoms with Crippen LogP contribution >= 0.6 is 0 Å². The highest BCUT2D eigenvalue weighted by atomic mass is 16.6. The molecule has 2 aromatic heterocycles. The third-order valence-corrected chi connectivity index (χ3v) is 5.41. The minimum absolute atomic E-state index is 0.0227. The summed E-state index contributed by atoms with van der Waals surface area (Å²) in [4.78, 5) is 23.2. The number of piperidine rings is 1. The maximum absolute atomic E-state index is 12.3. The number of pyridine rings is 1. The molecular formula is C19H28N6O2. The number of hydrogen-bond acceptors (Lipinski definition) is 6. The first-order valence-electron chi connectivity index (χ1n) is 9.86. The van der Waals surface area contributed by atoms with Crippen molar-refractivity contribution in [3.05, 3.63) is 18.6 Å². The van der Waals surface area contributed by atoms with Gasteiger partial charge in [-0.25, -0.2) is 14.8 Å². The number of anilines is 1. The summed E-state index contributed by atoms with van der Waals surface area (Å²) in [5.41, 5.74) is 2.82. The van der Waals surface area contributed by atoms with E-state index in [0.29, 0.717) is 25.2 Å². The summed E-state index contributed by atoms with van der Waals surface area (Å²) in [7, 11) is 0. The number of nitrogens with zero attached hydrogens (tertiary/aromatic N) is 4. The van der Waals surface area contributed by atoms with Gasteiger partial charge in [0, 0.05) is 37.9 Å². The first-order chi connectivity index (χ1) is 13.1. The normalized spacial score (nSPS) is 21.1. The molecule has 0 spiro atoms. The second-order valence-corrected chi connectivity index (χ2v) is 7.68. The third kappa shape index (κ3) is 3.85. The SMILES string of the molecule is CC(C)n1cnc2c(NC3CCN(C(=O)O[C@H]4CCNC4)CC3)ccnc21. The Kier molecular flexibility index (Phi) is 5.15. The molecule has 2 aliphatic heterocycles. The van der Waals surface area contributed by atoms with E-state index in [-0.39, 0.29) is 12.2 Å². The highest BCUT2D eigenvalue weighted by molar-refractivity contribution is 5.85. The first kappa shape index (κ1) is 18.0. The Morgan fingerprint density at radius 1 is 1.30 bits per heavy atom. The monoisotopic (exact) mass is 372 g/mol. The summed E-state index contributed by atoms with van der Waals surface area (Å²) in [5, 5.41) is 6.82. The van der Waals surface area contributed by atoms with Crippen LogP contribution in [0.4, 0.5) is 10.5 Å². The van der Waals surface area contributed by atoms with E-state index < -0.39 is 0 Å². The van der Waals surface area contributed by atoms with Crippen LogP contribution < -0.4 is 10.6 Å². The van der Waals surface area contributed by atoms with Crippen LogP contribution in [0.1, 0.15) is 39.2 Å². The van der Waals surface area contributed by atoms with E-state index >= 15 is 0 Å². The van der Waals surface area contributed by atoms with Gasteiger partial charge in [0.1, 0.15) is 11.6 Å². The highest BCUT2D eigenvalue weighted by Gasteiger charge is 2.27. The van der Waals surface area contributed by atoms with Crippen molar-refractivity contribution >= 4 is 22.9 Å². The number of hydrogen-bond donors (Lipinski definition) is 2. The highest BCUT2D eigenvalue weighted by Crippen LogP contribution is 2.25. The molecule has 8 nitrogen and oxygen atoms in total. The Morgan fingerprint density at radius 2 is 2.11 bits per heavy atom. The van der Waals surface area contributed by atoms with Gasteiger partial charge in [-0.2, -0.15) is 0 Å². The average Bonchev–Trinajstić information content (AvgIpc) is 3.32. The van der Waals surface area contributed by atoms with Gasteiger partial charge in [-0.3, -0.25) is 0 Å². The van der Waals surface area contributed by atoms with E-state index in [4.69, 9.17) is 4.74 Å². The number of rotatable bonds is 4. The molecule has 0 aromatic carbocycles. The fourth-order valence-electron chi connectivity index (χ4n) is 3.80. The molecule has 146 valence electrons. The number of amides is 1. The van der Waals surface area contributed by atoms with E-state index in [9.17, 15) is 4.79 Å². The number of carbonyl (C=O) groups is 1. The molecule has 2 N–H and O–H groups in total. The van der Waals surface area contributed by atoms with Gasteiger partial charge in [0.05, 0.1) is 12.0 Å². The van der Waals surface area contributed by atoms with Gasteiger partial charge in [0.25, 0.3) is 0 Å². The van der Waals surface area contributed by atoms with E-state index in [1.807, 2.05) is 23.5 Å². The van der Waals surface area contributed by atoms with Crippen LogP contribution in [0.15, 0.2) is 18.6 Å². The van der Waals surface area contributed by atoms with Crippen LogP contribution in [0, 0.1) is 0 Å². The fourth-order valence-corrected chi connectivity index (χ4v) is 3.80. The van der Waals surface area contributed by atoms with Gasteiger partial charge in [-0.1, -0.05) is 0 Å². The maximum atomic E-state index is 12.3. The molecule has 2 aromatic rings. The number of carbonyl (C=O) groups excluding carboxylic acids is 1. The summed E-state index contributed by atoms with van der Waals surface area (Å²) in [5.74, 6) is 0. The predicted octanol–water partition coefficient (Wildman–Crippen LogP) is 2.39. The topological polar surface area (TPSA) is 84.3 Å². The molecule has 27 heavy (non-hydrogen) atoms. The predicted molar refractivity (Wildman–Crippen MR) is 104 cm³/mol. The first-order valence-corrected chi connectivity index (χ1v) is 9.86. The zero-order valence-corrected chi connectivity index (χ0v) is 16.0. The lowest BCUT2D eigenvalue weighted by Gasteiger charge is -2.32. The Labute approximate surface area is 159 Å². The molecule has 2 fully saturated rings. The Bertz CT molecular complexity index is 791. The quantitative estimate of drug-likeness (QED) is 0.857. The summed E-state index contributed by atoms with van der Waals surface area (Å²) >= 11 is 0.